The minimum absolute atomic E-state index is 0.00953. The minimum atomic E-state index is -1.10. The number of rotatable bonds is 5. The number of hydrogen-bond acceptors (Lipinski definition) is 3. The molecule has 25 heavy (non-hydrogen) atoms. The molecule has 2 atom stereocenters. The van der Waals surface area contributed by atoms with Crippen molar-refractivity contribution >= 4 is 11.9 Å². The number of halogens is 1. The van der Waals surface area contributed by atoms with Gasteiger partial charge in [0.2, 0.25) is 0 Å². The monoisotopic (exact) mass is 342 g/mol. The standard InChI is InChI=1S/C19H19FN2O3/c20-15-8-14(10-21-11-15)18(23)22-17(19(24)25)9-13-6-3-5-12-4-1-2-7-16(12)13/h1-2,4,7-8,10-11,13,17H,3,5-6,9H2,(H,22,23)(H,24,25). The van der Waals surface area contributed by atoms with Crippen LogP contribution in [0.3, 0.4) is 0 Å². The molecule has 0 fully saturated rings. The molecule has 1 aliphatic rings. The van der Waals surface area contributed by atoms with E-state index in [1.54, 1.807) is 0 Å². The Bertz CT molecular complexity index is 794. The van der Waals surface area contributed by atoms with Crippen LogP contribution in [-0.4, -0.2) is 28.0 Å². The van der Waals surface area contributed by atoms with Gasteiger partial charge in [0, 0.05) is 6.20 Å². The highest BCUT2D eigenvalue weighted by molar-refractivity contribution is 5.96. The first-order valence-electron chi connectivity index (χ1n) is 8.26. The molecule has 1 heterocycles. The zero-order valence-corrected chi connectivity index (χ0v) is 13.6. The van der Waals surface area contributed by atoms with Gasteiger partial charge in [-0.15, -0.1) is 0 Å². The second-order valence-electron chi connectivity index (χ2n) is 6.28. The highest BCUT2D eigenvalue weighted by atomic mass is 19.1. The van der Waals surface area contributed by atoms with Crippen LogP contribution >= 0.6 is 0 Å². The fourth-order valence-corrected chi connectivity index (χ4v) is 3.38. The molecule has 0 spiro atoms. The Morgan fingerprint density at radius 3 is 2.88 bits per heavy atom. The number of carboxylic acid groups (broad SMARTS) is 1. The van der Waals surface area contributed by atoms with Crippen molar-refractivity contribution in [3.8, 4) is 0 Å². The van der Waals surface area contributed by atoms with Crippen LogP contribution in [0.2, 0.25) is 0 Å². The number of aryl methyl sites for hydroxylation is 1. The molecule has 130 valence electrons. The predicted octanol–water partition coefficient (Wildman–Crippen LogP) is 2.91. The topological polar surface area (TPSA) is 79.3 Å². The van der Waals surface area contributed by atoms with Crippen molar-refractivity contribution in [2.45, 2.75) is 37.6 Å². The summed E-state index contributed by atoms with van der Waals surface area (Å²) in [5.74, 6) is -2.29. The normalized spacial score (nSPS) is 17.4. The van der Waals surface area contributed by atoms with E-state index in [9.17, 15) is 19.1 Å². The number of hydrogen-bond donors (Lipinski definition) is 2. The lowest BCUT2D eigenvalue weighted by Gasteiger charge is -2.28. The third kappa shape index (κ3) is 4.02. The number of aliphatic carboxylic acids is 1. The summed E-state index contributed by atoms with van der Waals surface area (Å²) >= 11 is 0. The molecule has 1 aliphatic carbocycles. The fourth-order valence-electron chi connectivity index (χ4n) is 3.38. The smallest absolute Gasteiger partial charge is 0.326 e. The van der Waals surface area contributed by atoms with Gasteiger partial charge in [0.05, 0.1) is 11.8 Å². The Hall–Kier alpha value is -2.76. The molecule has 2 unspecified atom stereocenters. The van der Waals surface area contributed by atoms with Crippen molar-refractivity contribution in [1.29, 1.82) is 0 Å². The molecule has 6 heteroatoms. The number of aromatic nitrogens is 1. The van der Waals surface area contributed by atoms with Gasteiger partial charge in [0.15, 0.2) is 0 Å². The van der Waals surface area contributed by atoms with E-state index in [-0.39, 0.29) is 11.5 Å². The summed E-state index contributed by atoms with van der Waals surface area (Å²) in [6.45, 7) is 0. The van der Waals surface area contributed by atoms with Crippen LogP contribution in [0.4, 0.5) is 4.39 Å². The van der Waals surface area contributed by atoms with Gasteiger partial charge in [-0.1, -0.05) is 24.3 Å². The second-order valence-corrected chi connectivity index (χ2v) is 6.28. The first-order valence-corrected chi connectivity index (χ1v) is 8.26. The van der Waals surface area contributed by atoms with Crippen LogP contribution in [0.15, 0.2) is 42.7 Å². The van der Waals surface area contributed by atoms with Gasteiger partial charge in [-0.2, -0.15) is 0 Å². The molecular weight excluding hydrogens is 323 g/mol. The summed E-state index contributed by atoms with van der Waals surface area (Å²) in [6, 6.07) is 8.02. The maximum Gasteiger partial charge on any atom is 0.326 e. The number of carboxylic acids is 1. The summed E-state index contributed by atoms with van der Waals surface area (Å²) in [4.78, 5) is 27.5. The summed E-state index contributed by atoms with van der Waals surface area (Å²) in [6.07, 6.45) is 5.39. The number of nitrogens with zero attached hydrogens (tertiary/aromatic N) is 1. The van der Waals surface area contributed by atoms with Crippen molar-refractivity contribution < 1.29 is 19.1 Å². The number of amides is 1. The second kappa shape index (κ2) is 7.42. The highest BCUT2D eigenvalue weighted by Crippen LogP contribution is 2.34. The van der Waals surface area contributed by atoms with Gasteiger partial charge in [0.1, 0.15) is 11.9 Å². The Balaban J connectivity index is 1.74. The number of fused-ring (bicyclic) bond motifs is 1. The Morgan fingerprint density at radius 1 is 1.32 bits per heavy atom. The van der Waals surface area contributed by atoms with Crippen molar-refractivity contribution in [3.05, 3.63) is 65.2 Å². The molecular formula is C19H19FN2O3. The lowest BCUT2D eigenvalue weighted by atomic mass is 9.79. The Morgan fingerprint density at radius 2 is 2.12 bits per heavy atom. The quantitative estimate of drug-likeness (QED) is 0.876. The van der Waals surface area contributed by atoms with E-state index >= 15 is 0 Å². The molecule has 0 radical (unpaired) electrons. The number of carbonyl (C=O) groups is 2. The SMILES string of the molecule is O=C(NC(CC1CCCc2ccccc21)C(=O)O)c1cncc(F)c1. The van der Waals surface area contributed by atoms with Gasteiger partial charge >= 0.3 is 5.97 Å². The number of nitrogens with one attached hydrogen (secondary N) is 1. The predicted molar refractivity (Wildman–Crippen MR) is 89.8 cm³/mol. The first kappa shape index (κ1) is 17.1. The lowest BCUT2D eigenvalue weighted by Crippen LogP contribution is -2.42. The van der Waals surface area contributed by atoms with Crippen molar-refractivity contribution in [3.63, 3.8) is 0 Å². The average Bonchev–Trinajstić information content (AvgIpc) is 2.61. The summed E-state index contributed by atoms with van der Waals surface area (Å²) < 4.78 is 13.2. The van der Waals surface area contributed by atoms with Crippen LogP contribution < -0.4 is 5.32 Å². The summed E-state index contributed by atoms with van der Waals surface area (Å²) in [5, 5.41) is 12.0. The van der Waals surface area contributed by atoms with Crippen LogP contribution in [0.1, 0.15) is 46.7 Å². The molecule has 0 aliphatic heterocycles. The number of pyridine rings is 1. The maximum atomic E-state index is 13.2. The van der Waals surface area contributed by atoms with Crippen molar-refractivity contribution in [1.82, 2.24) is 10.3 Å². The molecule has 0 bridgehead atoms. The molecule has 1 aromatic heterocycles. The Kier molecular flexibility index (Phi) is 5.07. The number of carbonyl (C=O) groups excluding carboxylic acids is 1. The van der Waals surface area contributed by atoms with Crippen LogP contribution in [0.25, 0.3) is 0 Å². The van der Waals surface area contributed by atoms with Gasteiger partial charge in [-0.3, -0.25) is 9.78 Å². The van der Waals surface area contributed by atoms with E-state index < -0.39 is 23.7 Å². The van der Waals surface area contributed by atoms with Gasteiger partial charge in [-0.25, -0.2) is 9.18 Å². The maximum absolute atomic E-state index is 13.2. The average molecular weight is 342 g/mol. The largest absolute Gasteiger partial charge is 0.480 e. The van der Waals surface area contributed by atoms with Gasteiger partial charge in [-0.05, 0) is 48.8 Å². The van der Waals surface area contributed by atoms with Crippen LogP contribution in [-0.2, 0) is 11.2 Å². The van der Waals surface area contributed by atoms with Crippen molar-refractivity contribution in [2.24, 2.45) is 0 Å². The minimum Gasteiger partial charge on any atom is -0.480 e. The molecule has 3 rings (SSSR count). The van der Waals surface area contributed by atoms with E-state index in [2.05, 4.69) is 16.4 Å². The first-order chi connectivity index (χ1) is 12.0. The molecule has 0 saturated carbocycles. The third-order valence-electron chi connectivity index (χ3n) is 4.58. The third-order valence-corrected chi connectivity index (χ3v) is 4.58. The molecule has 5 nitrogen and oxygen atoms in total. The molecule has 2 aromatic rings. The molecule has 1 amide bonds. The van der Waals surface area contributed by atoms with E-state index in [0.29, 0.717) is 6.42 Å². The summed E-state index contributed by atoms with van der Waals surface area (Å²) in [7, 11) is 0. The fraction of sp³-hybridized carbons (Fsp3) is 0.316. The number of benzene rings is 1. The van der Waals surface area contributed by atoms with Crippen LogP contribution in [0, 0.1) is 5.82 Å². The van der Waals surface area contributed by atoms with E-state index in [1.165, 1.54) is 11.8 Å². The Labute approximate surface area is 144 Å². The van der Waals surface area contributed by atoms with Gasteiger partial charge in [0.25, 0.3) is 5.91 Å². The molecule has 2 N–H and O–H groups in total. The summed E-state index contributed by atoms with van der Waals surface area (Å²) in [5.41, 5.74) is 2.40. The molecule has 0 saturated heterocycles. The lowest BCUT2D eigenvalue weighted by molar-refractivity contribution is -0.139. The van der Waals surface area contributed by atoms with E-state index in [1.807, 2.05) is 18.2 Å². The van der Waals surface area contributed by atoms with Crippen LogP contribution in [0.5, 0.6) is 0 Å². The van der Waals surface area contributed by atoms with E-state index in [4.69, 9.17) is 0 Å². The zero-order valence-electron chi connectivity index (χ0n) is 13.6. The zero-order chi connectivity index (χ0) is 17.8. The van der Waals surface area contributed by atoms with Gasteiger partial charge < -0.3 is 10.4 Å². The van der Waals surface area contributed by atoms with E-state index in [0.717, 1.165) is 37.1 Å². The highest BCUT2D eigenvalue weighted by Gasteiger charge is 2.28. The van der Waals surface area contributed by atoms with Crippen molar-refractivity contribution in [2.75, 3.05) is 0 Å². The molecule has 1 aromatic carbocycles.